The van der Waals surface area contributed by atoms with E-state index in [4.69, 9.17) is 5.11 Å². The Balaban J connectivity index is 2.57. The monoisotopic (exact) mass is 237 g/mol. The molecule has 0 saturated carbocycles. The van der Waals surface area contributed by atoms with Crippen molar-refractivity contribution >= 4 is 11.8 Å². The van der Waals surface area contributed by atoms with Gasteiger partial charge in [0, 0.05) is 13.6 Å². The predicted octanol–water partition coefficient (Wildman–Crippen LogP) is 1.59. The minimum Gasteiger partial charge on any atom is -0.481 e. The van der Waals surface area contributed by atoms with Gasteiger partial charge in [-0.25, -0.2) is 0 Å². The van der Waals surface area contributed by atoms with Crippen LogP contribution in [0, 0.1) is 5.92 Å². The zero-order valence-electron chi connectivity index (χ0n) is 10.6. The van der Waals surface area contributed by atoms with Crippen LogP contribution in [0.4, 0.5) is 5.82 Å². The van der Waals surface area contributed by atoms with Gasteiger partial charge in [-0.1, -0.05) is 13.8 Å². The molecule has 1 aromatic rings. The minimum atomic E-state index is -0.804. The number of aromatic nitrogens is 2. The number of carbonyl (C=O) groups is 1. The molecule has 0 radical (unpaired) electrons. The van der Waals surface area contributed by atoms with Gasteiger partial charge < -0.3 is 10.0 Å². The van der Waals surface area contributed by atoms with Crippen molar-refractivity contribution in [2.75, 3.05) is 18.5 Å². The molecule has 1 aromatic heterocycles. The van der Waals surface area contributed by atoms with Crippen LogP contribution in [0.3, 0.4) is 0 Å². The number of anilines is 1. The van der Waals surface area contributed by atoms with Crippen LogP contribution in [-0.4, -0.2) is 34.9 Å². The van der Waals surface area contributed by atoms with Crippen LogP contribution >= 0.6 is 0 Å². The van der Waals surface area contributed by atoms with E-state index in [0.29, 0.717) is 18.3 Å². The Bertz CT molecular complexity index is 363. The van der Waals surface area contributed by atoms with Crippen LogP contribution in [0.25, 0.3) is 0 Å². The second-order valence-electron chi connectivity index (χ2n) is 4.55. The van der Waals surface area contributed by atoms with E-state index in [1.54, 1.807) is 4.90 Å². The Hall–Kier alpha value is -1.65. The van der Waals surface area contributed by atoms with E-state index in [1.807, 2.05) is 19.2 Å². The van der Waals surface area contributed by atoms with Gasteiger partial charge in [0.25, 0.3) is 0 Å². The maximum absolute atomic E-state index is 10.4. The molecular weight excluding hydrogens is 218 g/mol. The highest BCUT2D eigenvalue weighted by Crippen LogP contribution is 2.10. The molecule has 5 nitrogen and oxygen atoms in total. The van der Waals surface area contributed by atoms with E-state index in [1.165, 1.54) is 0 Å². The Morgan fingerprint density at radius 1 is 1.41 bits per heavy atom. The van der Waals surface area contributed by atoms with Gasteiger partial charge in [0.1, 0.15) is 0 Å². The molecule has 0 aromatic carbocycles. The molecule has 0 aliphatic heterocycles. The summed E-state index contributed by atoms with van der Waals surface area (Å²) in [7, 11) is 1.81. The lowest BCUT2D eigenvalue weighted by Crippen LogP contribution is -2.22. The van der Waals surface area contributed by atoms with Crippen LogP contribution in [0.5, 0.6) is 0 Å². The van der Waals surface area contributed by atoms with Gasteiger partial charge in [-0.3, -0.25) is 4.79 Å². The molecular formula is C12H19N3O2. The fourth-order valence-corrected chi connectivity index (χ4v) is 1.46. The molecule has 0 unspecified atom stereocenters. The maximum Gasteiger partial charge on any atom is 0.305 e. The van der Waals surface area contributed by atoms with Crippen molar-refractivity contribution in [3.05, 3.63) is 17.8 Å². The van der Waals surface area contributed by atoms with Gasteiger partial charge in [-0.05, 0) is 24.5 Å². The standard InChI is InChI=1S/C12H19N3O2/c1-9(2)8-10-4-5-11(14-13-10)15(3)7-6-12(16)17/h4-5,9H,6-8H2,1-3H3,(H,16,17). The van der Waals surface area contributed by atoms with E-state index >= 15 is 0 Å². The largest absolute Gasteiger partial charge is 0.481 e. The maximum atomic E-state index is 10.4. The summed E-state index contributed by atoms with van der Waals surface area (Å²) in [5.74, 6) is 0.458. The Kier molecular flexibility index (Phi) is 4.87. The number of carboxylic acids is 1. The summed E-state index contributed by atoms with van der Waals surface area (Å²) >= 11 is 0. The average Bonchev–Trinajstić information content (AvgIpc) is 2.26. The molecule has 0 spiro atoms. The fraction of sp³-hybridized carbons (Fsp3) is 0.583. The lowest BCUT2D eigenvalue weighted by atomic mass is 10.1. The molecule has 94 valence electrons. The Labute approximate surface area is 101 Å². The molecule has 0 amide bonds. The van der Waals surface area contributed by atoms with E-state index in [0.717, 1.165) is 12.1 Å². The second kappa shape index (κ2) is 6.18. The topological polar surface area (TPSA) is 66.3 Å². The molecule has 5 heteroatoms. The normalized spacial score (nSPS) is 10.6. The highest BCUT2D eigenvalue weighted by Gasteiger charge is 2.06. The SMILES string of the molecule is CC(C)Cc1ccc(N(C)CCC(=O)O)nn1. The first-order chi connectivity index (χ1) is 7.99. The van der Waals surface area contributed by atoms with Gasteiger partial charge in [0.05, 0.1) is 12.1 Å². The Morgan fingerprint density at radius 2 is 2.12 bits per heavy atom. The third-order valence-corrected chi connectivity index (χ3v) is 2.38. The molecule has 1 rings (SSSR count). The van der Waals surface area contributed by atoms with Crippen LogP contribution in [0.2, 0.25) is 0 Å². The van der Waals surface area contributed by atoms with E-state index in [-0.39, 0.29) is 6.42 Å². The van der Waals surface area contributed by atoms with Gasteiger partial charge in [0.2, 0.25) is 0 Å². The molecule has 0 fully saturated rings. The number of carboxylic acid groups (broad SMARTS) is 1. The zero-order chi connectivity index (χ0) is 12.8. The Morgan fingerprint density at radius 3 is 2.59 bits per heavy atom. The minimum absolute atomic E-state index is 0.103. The summed E-state index contributed by atoms with van der Waals surface area (Å²) in [6.45, 7) is 4.71. The van der Waals surface area contributed by atoms with Crippen molar-refractivity contribution in [1.82, 2.24) is 10.2 Å². The number of rotatable bonds is 6. The third kappa shape index (κ3) is 4.80. The van der Waals surface area contributed by atoms with Crippen molar-refractivity contribution in [3.8, 4) is 0 Å². The quantitative estimate of drug-likeness (QED) is 0.813. The van der Waals surface area contributed by atoms with Gasteiger partial charge >= 0.3 is 5.97 Å². The molecule has 0 aliphatic rings. The van der Waals surface area contributed by atoms with Crippen LogP contribution in [0.15, 0.2) is 12.1 Å². The van der Waals surface area contributed by atoms with Gasteiger partial charge in [0.15, 0.2) is 5.82 Å². The molecule has 1 heterocycles. The highest BCUT2D eigenvalue weighted by molar-refractivity contribution is 5.67. The van der Waals surface area contributed by atoms with Crippen molar-refractivity contribution in [2.45, 2.75) is 26.7 Å². The van der Waals surface area contributed by atoms with Crippen molar-refractivity contribution < 1.29 is 9.90 Å². The average molecular weight is 237 g/mol. The van der Waals surface area contributed by atoms with E-state index < -0.39 is 5.97 Å². The first-order valence-electron chi connectivity index (χ1n) is 5.74. The molecule has 17 heavy (non-hydrogen) atoms. The smallest absolute Gasteiger partial charge is 0.305 e. The van der Waals surface area contributed by atoms with E-state index in [9.17, 15) is 4.79 Å². The summed E-state index contributed by atoms with van der Waals surface area (Å²) in [5, 5.41) is 16.8. The predicted molar refractivity (Wildman–Crippen MR) is 66.1 cm³/mol. The van der Waals surface area contributed by atoms with Crippen LogP contribution in [0.1, 0.15) is 26.0 Å². The zero-order valence-corrected chi connectivity index (χ0v) is 10.6. The lowest BCUT2D eigenvalue weighted by Gasteiger charge is -2.16. The molecule has 0 atom stereocenters. The first-order valence-corrected chi connectivity index (χ1v) is 5.74. The van der Waals surface area contributed by atoms with Crippen molar-refractivity contribution in [3.63, 3.8) is 0 Å². The van der Waals surface area contributed by atoms with Crippen LogP contribution in [-0.2, 0) is 11.2 Å². The summed E-state index contributed by atoms with van der Waals surface area (Å²) in [6, 6.07) is 3.83. The lowest BCUT2D eigenvalue weighted by molar-refractivity contribution is -0.136. The first kappa shape index (κ1) is 13.4. The molecule has 0 saturated heterocycles. The van der Waals surface area contributed by atoms with E-state index in [2.05, 4.69) is 24.0 Å². The second-order valence-corrected chi connectivity index (χ2v) is 4.55. The van der Waals surface area contributed by atoms with Crippen molar-refractivity contribution in [1.29, 1.82) is 0 Å². The summed E-state index contributed by atoms with van der Waals surface area (Å²) < 4.78 is 0. The molecule has 0 bridgehead atoms. The van der Waals surface area contributed by atoms with Gasteiger partial charge in [-0.15, -0.1) is 5.10 Å². The summed E-state index contributed by atoms with van der Waals surface area (Å²) in [6.07, 6.45) is 1.01. The van der Waals surface area contributed by atoms with Crippen molar-refractivity contribution in [2.24, 2.45) is 5.92 Å². The fourth-order valence-electron chi connectivity index (χ4n) is 1.46. The number of hydrogen-bond acceptors (Lipinski definition) is 4. The number of nitrogens with zero attached hydrogens (tertiary/aromatic N) is 3. The third-order valence-electron chi connectivity index (χ3n) is 2.38. The summed E-state index contributed by atoms with van der Waals surface area (Å²) in [4.78, 5) is 12.2. The number of hydrogen-bond donors (Lipinski definition) is 1. The molecule has 1 N–H and O–H groups in total. The molecule has 0 aliphatic carbocycles. The van der Waals surface area contributed by atoms with Crippen LogP contribution < -0.4 is 4.90 Å². The highest BCUT2D eigenvalue weighted by atomic mass is 16.4. The number of aliphatic carboxylic acids is 1. The van der Waals surface area contributed by atoms with Gasteiger partial charge in [-0.2, -0.15) is 5.10 Å². The summed E-state index contributed by atoms with van der Waals surface area (Å²) in [5.41, 5.74) is 0.968.